The van der Waals surface area contributed by atoms with E-state index < -0.39 is 65.7 Å². The van der Waals surface area contributed by atoms with Crippen molar-refractivity contribution in [3.63, 3.8) is 0 Å². The van der Waals surface area contributed by atoms with Gasteiger partial charge >= 0.3 is 29.2 Å². The Morgan fingerprint density at radius 1 is 1.17 bits per heavy atom. The summed E-state index contributed by atoms with van der Waals surface area (Å²) >= 11 is 0. The van der Waals surface area contributed by atoms with Crippen molar-refractivity contribution in [2.24, 2.45) is 5.92 Å². The number of alkyl halides is 1. The highest BCUT2D eigenvalue weighted by atomic mass is 31.3. The van der Waals surface area contributed by atoms with Crippen molar-refractivity contribution in [2.45, 2.75) is 25.4 Å². The molecule has 15 nitrogen and oxygen atoms in total. The van der Waals surface area contributed by atoms with E-state index in [9.17, 15) is 32.6 Å². The zero-order chi connectivity index (χ0) is 22.2. The minimum Gasteiger partial charge on any atom is -0.349 e. The third-order valence-electron chi connectivity index (χ3n) is 3.62. The number of rotatable bonds is 8. The van der Waals surface area contributed by atoms with Gasteiger partial charge in [-0.25, -0.2) is 22.9 Å². The summed E-state index contributed by atoms with van der Waals surface area (Å²) in [5.74, 6) is -1.01. The summed E-state index contributed by atoms with van der Waals surface area (Å²) in [5, 5.41) is 0. The molecule has 0 saturated carbocycles. The summed E-state index contributed by atoms with van der Waals surface area (Å²) in [4.78, 5) is 60.1. The first kappa shape index (κ1) is 24.3. The minimum atomic E-state index is -5.69. The van der Waals surface area contributed by atoms with E-state index in [-0.39, 0.29) is 0 Å². The zero-order valence-corrected chi connectivity index (χ0v) is 17.0. The molecule has 1 aromatic heterocycles. The Labute approximate surface area is 160 Å². The number of phosphoric acid groups is 3. The van der Waals surface area contributed by atoms with Gasteiger partial charge in [-0.1, -0.05) is 6.92 Å². The van der Waals surface area contributed by atoms with Gasteiger partial charge in [0, 0.05) is 18.2 Å². The number of nitrogens with one attached hydrogen (secondary N) is 1. The number of phosphoric ester groups is 1. The van der Waals surface area contributed by atoms with Crippen LogP contribution in [0.5, 0.6) is 0 Å². The summed E-state index contributed by atoms with van der Waals surface area (Å²) in [6, 6.07) is 0.946. The molecule has 1 saturated heterocycles. The van der Waals surface area contributed by atoms with Gasteiger partial charge in [0.1, 0.15) is 0 Å². The number of aromatic nitrogens is 2. The number of H-pyrrole nitrogens is 1. The summed E-state index contributed by atoms with van der Waals surface area (Å²) in [6.07, 6.45) is -3.59. The molecule has 2 heterocycles. The highest BCUT2D eigenvalue weighted by molar-refractivity contribution is 7.66. The SMILES string of the molecule is CC1C(COP(=O)(O)OP(=O)(O)OP(=O)(O)O)OC(n2ccc(=O)[nH]c2=O)C1F. The van der Waals surface area contributed by atoms with Crippen LogP contribution in [0.2, 0.25) is 0 Å². The monoisotopic (exact) mass is 484 g/mol. The van der Waals surface area contributed by atoms with Crippen LogP contribution in [0, 0.1) is 5.92 Å². The molecular formula is C10H16FN2O13P3. The quantitative estimate of drug-likeness (QED) is 0.301. The van der Waals surface area contributed by atoms with Gasteiger partial charge in [0.05, 0.1) is 12.7 Å². The first-order valence-corrected chi connectivity index (χ1v) is 12.0. The number of hydrogen-bond donors (Lipinski definition) is 5. The van der Waals surface area contributed by atoms with E-state index >= 15 is 0 Å². The second-order valence-electron chi connectivity index (χ2n) is 5.77. The van der Waals surface area contributed by atoms with Gasteiger partial charge in [0.2, 0.25) is 0 Å². The predicted molar refractivity (Wildman–Crippen MR) is 89.1 cm³/mol. The van der Waals surface area contributed by atoms with Crippen molar-refractivity contribution in [2.75, 3.05) is 6.61 Å². The van der Waals surface area contributed by atoms with Crippen molar-refractivity contribution in [3.05, 3.63) is 33.1 Å². The maximum atomic E-state index is 14.5. The first-order chi connectivity index (χ1) is 13.1. The summed E-state index contributed by atoms with van der Waals surface area (Å²) in [6.45, 7) is 0.437. The molecular weight excluding hydrogens is 468 g/mol. The standard InChI is InChI=1S/C10H16FN2O13P3/c1-5-6(4-23-28(19,20)26-29(21,22)25-27(16,17)18)24-9(8(5)11)13-3-2-7(14)12-10(13)15/h2-3,5-6,8-9H,4H2,1H3,(H,19,20)(H,21,22)(H,12,14,15)(H2,16,17,18). The predicted octanol–water partition coefficient (Wildman–Crippen LogP) is -0.249. The molecule has 1 aromatic rings. The van der Waals surface area contributed by atoms with E-state index in [1.165, 1.54) is 6.92 Å². The molecule has 6 atom stereocenters. The smallest absolute Gasteiger partial charge is 0.349 e. The second-order valence-corrected chi connectivity index (χ2v) is 10.2. The third kappa shape index (κ3) is 6.74. The fourth-order valence-electron chi connectivity index (χ4n) is 2.35. The molecule has 19 heteroatoms. The van der Waals surface area contributed by atoms with Crippen LogP contribution in [-0.2, 0) is 31.6 Å². The Kier molecular flexibility index (Phi) is 7.20. The normalized spacial score (nSPS) is 29.3. The van der Waals surface area contributed by atoms with Gasteiger partial charge < -0.3 is 24.3 Å². The van der Waals surface area contributed by atoms with Gasteiger partial charge in [-0.15, -0.1) is 0 Å². The highest BCUT2D eigenvalue weighted by Crippen LogP contribution is 2.66. The maximum absolute atomic E-state index is 14.5. The molecule has 0 spiro atoms. The topological polar surface area (TPSA) is 224 Å². The summed E-state index contributed by atoms with van der Waals surface area (Å²) in [5.41, 5.74) is -1.69. The lowest BCUT2D eigenvalue weighted by atomic mass is 10.0. The van der Waals surface area contributed by atoms with Crippen LogP contribution in [0.3, 0.4) is 0 Å². The number of nitrogens with zero attached hydrogens (tertiary/aromatic N) is 1. The number of aromatic amines is 1. The lowest BCUT2D eigenvalue weighted by Crippen LogP contribution is -2.34. The molecule has 1 aliphatic heterocycles. The largest absolute Gasteiger partial charge is 0.490 e. The summed E-state index contributed by atoms with van der Waals surface area (Å²) in [7, 11) is -16.6. The van der Waals surface area contributed by atoms with E-state index in [4.69, 9.17) is 19.4 Å². The second kappa shape index (κ2) is 8.61. The molecule has 0 aliphatic carbocycles. The number of hydrogen-bond acceptors (Lipinski definition) is 9. The Bertz CT molecular complexity index is 1000. The lowest BCUT2D eigenvalue weighted by Gasteiger charge is -2.19. The fraction of sp³-hybridized carbons (Fsp3) is 0.600. The van der Waals surface area contributed by atoms with Crippen molar-refractivity contribution in [1.29, 1.82) is 0 Å². The van der Waals surface area contributed by atoms with Crippen molar-refractivity contribution in [1.82, 2.24) is 9.55 Å². The molecule has 0 bridgehead atoms. The molecule has 166 valence electrons. The number of ether oxygens (including phenoxy) is 1. The highest BCUT2D eigenvalue weighted by Gasteiger charge is 2.46. The van der Waals surface area contributed by atoms with Crippen LogP contribution in [0.1, 0.15) is 13.2 Å². The van der Waals surface area contributed by atoms with Gasteiger partial charge in [-0.3, -0.25) is 18.9 Å². The Morgan fingerprint density at radius 2 is 1.79 bits per heavy atom. The zero-order valence-electron chi connectivity index (χ0n) is 14.3. The van der Waals surface area contributed by atoms with Crippen molar-refractivity contribution >= 4 is 23.5 Å². The third-order valence-corrected chi connectivity index (χ3v) is 7.42. The Morgan fingerprint density at radius 3 is 2.34 bits per heavy atom. The average Bonchev–Trinajstić information content (AvgIpc) is 2.78. The molecule has 2 rings (SSSR count). The molecule has 1 aliphatic rings. The van der Waals surface area contributed by atoms with Crippen LogP contribution in [0.25, 0.3) is 0 Å². The van der Waals surface area contributed by atoms with Gasteiger partial charge in [-0.2, -0.15) is 8.62 Å². The van der Waals surface area contributed by atoms with Crippen LogP contribution in [0.15, 0.2) is 21.9 Å². The summed E-state index contributed by atoms with van der Waals surface area (Å²) < 4.78 is 65.5. The van der Waals surface area contributed by atoms with Gasteiger partial charge in [0.25, 0.3) is 5.56 Å². The average molecular weight is 484 g/mol. The van der Waals surface area contributed by atoms with Gasteiger partial charge in [-0.05, 0) is 0 Å². The Balaban J connectivity index is 2.06. The van der Waals surface area contributed by atoms with E-state index in [1.54, 1.807) is 0 Å². The molecule has 6 unspecified atom stereocenters. The molecule has 29 heavy (non-hydrogen) atoms. The van der Waals surface area contributed by atoms with E-state index in [2.05, 4.69) is 13.1 Å². The molecule has 0 radical (unpaired) electrons. The lowest BCUT2D eigenvalue weighted by molar-refractivity contribution is -0.0412. The van der Waals surface area contributed by atoms with Crippen LogP contribution >= 0.6 is 23.5 Å². The van der Waals surface area contributed by atoms with E-state index in [0.29, 0.717) is 0 Å². The fourth-order valence-corrected chi connectivity index (χ4v) is 5.38. The van der Waals surface area contributed by atoms with Gasteiger partial charge in [0.15, 0.2) is 12.4 Å². The first-order valence-electron chi connectivity index (χ1n) is 7.49. The van der Waals surface area contributed by atoms with Crippen molar-refractivity contribution < 1.29 is 55.5 Å². The maximum Gasteiger partial charge on any atom is 0.490 e. The van der Waals surface area contributed by atoms with Crippen LogP contribution in [-0.4, -0.2) is 48.0 Å². The minimum absolute atomic E-state index is 0.725. The molecule has 5 N–H and O–H groups in total. The van der Waals surface area contributed by atoms with E-state index in [1.807, 2.05) is 4.98 Å². The molecule has 0 aromatic carbocycles. The number of halogens is 1. The van der Waals surface area contributed by atoms with Crippen molar-refractivity contribution in [3.8, 4) is 0 Å². The molecule has 0 amide bonds. The Hall–Kier alpha value is -1.02. The van der Waals surface area contributed by atoms with Crippen LogP contribution < -0.4 is 11.2 Å². The van der Waals surface area contributed by atoms with E-state index in [0.717, 1.165) is 16.8 Å². The van der Waals surface area contributed by atoms with Crippen LogP contribution in [0.4, 0.5) is 4.39 Å². The molecule has 1 fully saturated rings.